The van der Waals surface area contributed by atoms with Crippen molar-refractivity contribution < 1.29 is 19.1 Å². The number of rotatable bonds is 9. The molecule has 2 aromatic carbocycles. The van der Waals surface area contributed by atoms with Crippen LogP contribution >= 0.6 is 0 Å². The lowest BCUT2D eigenvalue weighted by Gasteiger charge is -2.15. The molecule has 4 heteroatoms. The molecule has 24 heavy (non-hydrogen) atoms. The van der Waals surface area contributed by atoms with Crippen molar-refractivity contribution in [1.29, 1.82) is 0 Å². The number of benzene rings is 2. The second-order valence-electron chi connectivity index (χ2n) is 5.44. The van der Waals surface area contributed by atoms with Crippen molar-refractivity contribution in [1.82, 2.24) is 0 Å². The van der Waals surface area contributed by atoms with Gasteiger partial charge in [0.25, 0.3) is 0 Å². The van der Waals surface area contributed by atoms with Gasteiger partial charge in [-0.05, 0) is 24.5 Å². The molecule has 0 N–H and O–H groups in total. The van der Waals surface area contributed by atoms with E-state index in [1.54, 1.807) is 6.92 Å². The summed E-state index contributed by atoms with van der Waals surface area (Å²) >= 11 is 0. The van der Waals surface area contributed by atoms with E-state index in [2.05, 4.69) is 0 Å². The fourth-order valence-electron chi connectivity index (χ4n) is 2.37. The summed E-state index contributed by atoms with van der Waals surface area (Å²) in [7, 11) is 0. The molecule has 1 unspecified atom stereocenters. The first-order valence-corrected chi connectivity index (χ1v) is 8.05. The molecular weight excluding hydrogens is 304 g/mol. The average molecular weight is 326 g/mol. The molecule has 0 amide bonds. The molecule has 0 saturated carbocycles. The van der Waals surface area contributed by atoms with Crippen LogP contribution < -0.4 is 0 Å². The summed E-state index contributed by atoms with van der Waals surface area (Å²) < 4.78 is 10.5. The number of ether oxygens (including phenoxy) is 2. The van der Waals surface area contributed by atoms with Gasteiger partial charge in [-0.1, -0.05) is 60.7 Å². The Morgan fingerprint density at radius 2 is 1.50 bits per heavy atom. The van der Waals surface area contributed by atoms with Gasteiger partial charge in [-0.25, -0.2) is 0 Å². The maximum absolute atomic E-state index is 12.4. The molecule has 0 bridgehead atoms. The number of hydrogen-bond donors (Lipinski definition) is 0. The lowest BCUT2D eigenvalue weighted by Crippen LogP contribution is -2.31. The monoisotopic (exact) mass is 326 g/mol. The minimum Gasteiger partial charge on any atom is -0.465 e. The lowest BCUT2D eigenvalue weighted by atomic mass is 9.95. The molecule has 0 fully saturated rings. The van der Waals surface area contributed by atoms with E-state index >= 15 is 0 Å². The standard InChI is InChI=1S/C20H22O4/c1-2-24-20(22)18(13-16-9-5-3-6-10-16)19(21)15-23-14-17-11-7-4-8-12-17/h3-12,18H,2,13-15H2,1H3. The number of hydrogen-bond acceptors (Lipinski definition) is 4. The van der Waals surface area contributed by atoms with Gasteiger partial charge in [0, 0.05) is 0 Å². The van der Waals surface area contributed by atoms with E-state index < -0.39 is 11.9 Å². The molecule has 0 spiro atoms. The van der Waals surface area contributed by atoms with Crippen molar-refractivity contribution >= 4 is 11.8 Å². The van der Waals surface area contributed by atoms with E-state index in [0.29, 0.717) is 13.0 Å². The Hall–Kier alpha value is -2.46. The molecule has 4 nitrogen and oxygen atoms in total. The molecule has 0 heterocycles. The first-order valence-electron chi connectivity index (χ1n) is 8.05. The SMILES string of the molecule is CCOC(=O)C(Cc1ccccc1)C(=O)COCc1ccccc1. The van der Waals surface area contributed by atoms with Gasteiger partial charge in [0.15, 0.2) is 5.78 Å². The maximum atomic E-state index is 12.4. The third-order valence-corrected chi connectivity index (χ3v) is 3.60. The van der Waals surface area contributed by atoms with Crippen LogP contribution in [0.3, 0.4) is 0 Å². The quantitative estimate of drug-likeness (QED) is 0.524. The zero-order valence-electron chi connectivity index (χ0n) is 13.8. The Morgan fingerprint density at radius 1 is 0.917 bits per heavy atom. The van der Waals surface area contributed by atoms with E-state index in [-0.39, 0.29) is 19.0 Å². The Kier molecular flexibility index (Phi) is 7.18. The molecule has 0 radical (unpaired) electrons. The van der Waals surface area contributed by atoms with E-state index in [0.717, 1.165) is 11.1 Å². The molecule has 1 atom stereocenters. The molecule has 126 valence electrons. The van der Waals surface area contributed by atoms with Gasteiger partial charge in [0.2, 0.25) is 0 Å². The van der Waals surface area contributed by atoms with Crippen LogP contribution in [-0.2, 0) is 32.1 Å². The minimum atomic E-state index is -0.830. The van der Waals surface area contributed by atoms with Crippen LogP contribution in [0.25, 0.3) is 0 Å². The van der Waals surface area contributed by atoms with Gasteiger partial charge in [-0.15, -0.1) is 0 Å². The zero-order valence-corrected chi connectivity index (χ0v) is 13.8. The van der Waals surface area contributed by atoms with E-state index in [1.165, 1.54) is 0 Å². The molecule has 0 aliphatic heterocycles. The van der Waals surface area contributed by atoms with Crippen LogP contribution in [0.2, 0.25) is 0 Å². The van der Waals surface area contributed by atoms with Crippen molar-refractivity contribution in [2.75, 3.05) is 13.2 Å². The predicted molar refractivity (Wildman–Crippen MR) is 91.4 cm³/mol. The Balaban J connectivity index is 1.94. The van der Waals surface area contributed by atoms with Crippen LogP contribution in [0, 0.1) is 5.92 Å². The highest BCUT2D eigenvalue weighted by atomic mass is 16.5. The Labute approximate surface area is 142 Å². The first-order chi connectivity index (χ1) is 11.7. The first kappa shape index (κ1) is 17.9. The van der Waals surface area contributed by atoms with Gasteiger partial charge in [-0.2, -0.15) is 0 Å². The van der Waals surface area contributed by atoms with Crippen molar-refractivity contribution in [3.8, 4) is 0 Å². The van der Waals surface area contributed by atoms with Gasteiger partial charge in [0.05, 0.1) is 13.2 Å². The summed E-state index contributed by atoms with van der Waals surface area (Å²) in [6.07, 6.45) is 0.327. The summed E-state index contributed by atoms with van der Waals surface area (Å²) in [6, 6.07) is 19.1. The van der Waals surface area contributed by atoms with Crippen LogP contribution in [0.5, 0.6) is 0 Å². The van der Waals surface area contributed by atoms with Crippen LogP contribution in [0.4, 0.5) is 0 Å². The fourth-order valence-corrected chi connectivity index (χ4v) is 2.37. The largest absolute Gasteiger partial charge is 0.465 e. The van der Waals surface area contributed by atoms with Gasteiger partial charge in [-0.3, -0.25) is 9.59 Å². The van der Waals surface area contributed by atoms with E-state index in [1.807, 2.05) is 60.7 Å². The highest BCUT2D eigenvalue weighted by Gasteiger charge is 2.28. The average Bonchev–Trinajstić information content (AvgIpc) is 2.61. The molecule has 0 saturated heterocycles. The van der Waals surface area contributed by atoms with Crippen LogP contribution in [0.15, 0.2) is 60.7 Å². The molecule has 0 aliphatic rings. The smallest absolute Gasteiger partial charge is 0.316 e. The number of Topliss-reactive ketones (excluding diaryl/α,β-unsaturated/α-hetero) is 1. The molecule has 2 aromatic rings. The molecule has 0 aliphatic carbocycles. The van der Waals surface area contributed by atoms with Crippen molar-refractivity contribution in [2.24, 2.45) is 5.92 Å². The highest BCUT2D eigenvalue weighted by Crippen LogP contribution is 2.13. The van der Waals surface area contributed by atoms with E-state index in [4.69, 9.17) is 9.47 Å². The predicted octanol–water partition coefficient (Wildman–Crippen LogP) is 3.19. The van der Waals surface area contributed by atoms with Crippen LogP contribution in [-0.4, -0.2) is 25.0 Å². The van der Waals surface area contributed by atoms with Crippen LogP contribution in [0.1, 0.15) is 18.1 Å². The summed E-state index contributed by atoms with van der Waals surface area (Å²) in [5.41, 5.74) is 1.91. The van der Waals surface area contributed by atoms with Crippen molar-refractivity contribution in [2.45, 2.75) is 20.0 Å². The summed E-state index contributed by atoms with van der Waals surface area (Å²) in [6.45, 7) is 2.22. The normalized spacial score (nSPS) is 11.7. The second-order valence-corrected chi connectivity index (χ2v) is 5.44. The number of carbonyl (C=O) groups excluding carboxylic acids is 2. The van der Waals surface area contributed by atoms with Crippen molar-refractivity contribution in [3.63, 3.8) is 0 Å². The minimum absolute atomic E-state index is 0.106. The summed E-state index contributed by atoms with van der Waals surface area (Å²) in [5.74, 6) is -1.58. The van der Waals surface area contributed by atoms with Gasteiger partial charge >= 0.3 is 5.97 Å². The number of ketones is 1. The summed E-state index contributed by atoms with van der Waals surface area (Å²) in [4.78, 5) is 24.6. The Bertz CT molecular complexity index is 637. The molecule has 0 aromatic heterocycles. The lowest BCUT2D eigenvalue weighted by molar-refractivity contribution is -0.152. The third kappa shape index (κ3) is 5.63. The Morgan fingerprint density at radius 3 is 2.08 bits per heavy atom. The zero-order chi connectivity index (χ0) is 17.2. The van der Waals surface area contributed by atoms with Crippen molar-refractivity contribution in [3.05, 3.63) is 71.8 Å². The van der Waals surface area contributed by atoms with Gasteiger partial charge in [0.1, 0.15) is 12.5 Å². The number of carbonyl (C=O) groups is 2. The maximum Gasteiger partial charge on any atom is 0.316 e. The molecule has 2 rings (SSSR count). The number of esters is 1. The second kappa shape index (κ2) is 9.63. The molecular formula is C20H22O4. The topological polar surface area (TPSA) is 52.6 Å². The summed E-state index contributed by atoms with van der Waals surface area (Å²) in [5, 5.41) is 0. The fraction of sp³-hybridized carbons (Fsp3) is 0.300. The van der Waals surface area contributed by atoms with Gasteiger partial charge < -0.3 is 9.47 Å². The highest BCUT2D eigenvalue weighted by molar-refractivity contribution is 5.99. The third-order valence-electron chi connectivity index (χ3n) is 3.60. The van der Waals surface area contributed by atoms with E-state index in [9.17, 15) is 9.59 Å².